The molecule has 1 aromatic rings. The van der Waals surface area contributed by atoms with Crippen molar-refractivity contribution in [3.05, 3.63) is 29.8 Å². The Bertz CT molecular complexity index is 483. The zero-order chi connectivity index (χ0) is 12.9. The van der Waals surface area contributed by atoms with Crippen LogP contribution >= 0.6 is 0 Å². The first-order valence-electron chi connectivity index (χ1n) is 4.82. The van der Waals surface area contributed by atoms with Gasteiger partial charge in [0.1, 0.15) is 0 Å². The van der Waals surface area contributed by atoms with E-state index in [0.29, 0.717) is 13.0 Å². The largest absolute Gasteiger partial charge is 0.351 e. The van der Waals surface area contributed by atoms with Crippen LogP contribution in [0.2, 0.25) is 0 Å². The first kappa shape index (κ1) is 13.4. The molecule has 0 unspecified atom stereocenters. The molecule has 94 valence electrons. The van der Waals surface area contributed by atoms with Crippen molar-refractivity contribution in [2.45, 2.75) is 11.3 Å². The number of benzene rings is 1. The monoisotopic (exact) mass is 258 g/mol. The molecular weight excluding hydrogens is 244 g/mol. The van der Waals surface area contributed by atoms with Gasteiger partial charge >= 0.3 is 6.03 Å². The molecule has 1 aromatic carbocycles. The fourth-order valence-corrected chi connectivity index (χ4v) is 2.03. The molecule has 0 spiro atoms. The Balaban J connectivity index is 2.81. The van der Waals surface area contributed by atoms with Crippen molar-refractivity contribution >= 4 is 16.1 Å². The van der Waals surface area contributed by atoms with Crippen molar-refractivity contribution in [3.8, 4) is 0 Å². The molecular formula is C9H14N4O3S. The van der Waals surface area contributed by atoms with Crippen molar-refractivity contribution < 1.29 is 13.2 Å². The molecule has 6 N–H and O–H groups in total. The number of nitrogens with one attached hydrogen (secondary N) is 2. The number of hydrogen-bond donors (Lipinski definition) is 4. The summed E-state index contributed by atoms with van der Waals surface area (Å²) in [6, 6.07) is 5.19. The molecule has 0 atom stereocenters. The first-order valence-corrected chi connectivity index (χ1v) is 6.30. The van der Waals surface area contributed by atoms with Gasteiger partial charge in [0.15, 0.2) is 0 Å². The fraction of sp³-hybridized carbons (Fsp3) is 0.222. The smallest absolute Gasteiger partial charge is 0.327 e. The van der Waals surface area contributed by atoms with Gasteiger partial charge in [-0.1, -0.05) is 12.1 Å². The predicted molar refractivity (Wildman–Crippen MR) is 62.2 cm³/mol. The molecule has 0 aliphatic heterocycles. The number of rotatable bonds is 5. The lowest BCUT2D eigenvalue weighted by Gasteiger charge is -2.07. The number of primary amides is 1. The van der Waals surface area contributed by atoms with Crippen LogP contribution in [0, 0.1) is 0 Å². The van der Waals surface area contributed by atoms with E-state index in [1.54, 1.807) is 17.6 Å². The Labute approximate surface area is 99.2 Å². The third kappa shape index (κ3) is 4.02. The van der Waals surface area contributed by atoms with Crippen LogP contribution in [-0.4, -0.2) is 21.0 Å². The number of hydrazine groups is 1. The molecule has 0 aliphatic carbocycles. The van der Waals surface area contributed by atoms with Gasteiger partial charge < -0.3 is 11.5 Å². The molecule has 0 heterocycles. The van der Waals surface area contributed by atoms with E-state index in [4.69, 9.17) is 11.5 Å². The number of hydrogen-bond acceptors (Lipinski definition) is 4. The standard InChI is InChI=1S/C9H14N4O3S/c10-6-5-7-1-3-8(4-2-7)17(15,16)13-12-9(11)14/h1-4,13H,5-6,10H2,(H3,11,12,14). The average Bonchev–Trinajstić information content (AvgIpc) is 2.28. The zero-order valence-electron chi connectivity index (χ0n) is 9.01. The number of urea groups is 1. The van der Waals surface area contributed by atoms with E-state index in [2.05, 4.69) is 0 Å². The molecule has 0 aromatic heterocycles. The van der Waals surface area contributed by atoms with Gasteiger partial charge in [-0.15, -0.1) is 4.83 Å². The fourth-order valence-electron chi connectivity index (χ4n) is 1.18. The number of amides is 2. The maximum atomic E-state index is 11.6. The number of carbonyl (C=O) groups excluding carboxylic acids is 1. The Morgan fingerprint density at radius 1 is 1.24 bits per heavy atom. The summed E-state index contributed by atoms with van der Waals surface area (Å²) in [6.45, 7) is 0.494. The topological polar surface area (TPSA) is 127 Å². The minimum absolute atomic E-state index is 0.0343. The van der Waals surface area contributed by atoms with Crippen LogP contribution in [-0.2, 0) is 16.4 Å². The van der Waals surface area contributed by atoms with Crippen LogP contribution in [0.25, 0.3) is 0 Å². The van der Waals surface area contributed by atoms with Gasteiger partial charge in [0.2, 0.25) is 0 Å². The maximum Gasteiger partial charge on any atom is 0.327 e. The molecule has 0 saturated carbocycles. The van der Waals surface area contributed by atoms with Gasteiger partial charge in [-0.05, 0) is 30.7 Å². The van der Waals surface area contributed by atoms with Gasteiger partial charge in [-0.25, -0.2) is 13.2 Å². The normalized spacial score (nSPS) is 11.1. The highest BCUT2D eigenvalue weighted by molar-refractivity contribution is 7.89. The summed E-state index contributed by atoms with van der Waals surface area (Å²) >= 11 is 0. The lowest BCUT2D eigenvalue weighted by molar-refractivity contribution is 0.247. The van der Waals surface area contributed by atoms with Crippen LogP contribution < -0.4 is 21.7 Å². The molecule has 8 heteroatoms. The second-order valence-electron chi connectivity index (χ2n) is 3.28. The molecule has 0 saturated heterocycles. The highest BCUT2D eigenvalue weighted by atomic mass is 32.2. The second kappa shape index (κ2) is 5.62. The van der Waals surface area contributed by atoms with Crippen LogP contribution in [0.4, 0.5) is 4.79 Å². The molecule has 0 aliphatic rings. The summed E-state index contributed by atoms with van der Waals surface area (Å²) in [5.74, 6) is 0. The zero-order valence-corrected chi connectivity index (χ0v) is 9.83. The van der Waals surface area contributed by atoms with Crippen molar-refractivity contribution in [2.24, 2.45) is 11.5 Å². The van der Waals surface area contributed by atoms with Crippen LogP contribution in [0.3, 0.4) is 0 Å². The van der Waals surface area contributed by atoms with Crippen molar-refractivity contribution in [3.63, 3.8) is 0 Å². The molecule has 0 fully saturated rings. The van der Waals surface area contributed by atoms with Crippen molar-refractivity contribution in [1.82, 2.24) is 10.3 Å². The van der Waals surface area contributed by atoms with Crippen LogP contribution in [0.1, 0.15) is 5.56 Å². The summed E-state index contributed by atoms with van der Waals surface area (Å²) in [5.41, 5.74) is 12.9. The molecule has 17 heavy (non-hydrogen) atoms. The molecule has 7 nitrogen and oxygen atoms in total. The Morgan fingerprint density at radius 2 is 1.82 bits per heavy atom. The van der Waals surface area contributed by atoms with E-state index in [-0.39, 0.29) is 4.90 Å². The molecule has 0 bridgehead atoms. The minimum Gasteiger partial charge on any atom is -0.351 e. The summed E-state index contributed by atoms with van der Waals surface area (Å²) in [5, 5.41) is 0. The van der Waals surface area contributed by atoms with Crippen LogP contribution in [0.5, 0.6) is 0 Å². The molecule has 2 amide bonds. The Hall–Kier alpha value is -1.64. The number of sulfonamides is 1. The van der Waals surface area contributed by atoms with Crippen molar-refractivity contribution in [2.75, 3.05) is 6.54 Å². The number of carbonyl (C=O) groups is 1. The Kier molecular flexibility index (Phi) is 4.44. The van der Waals surface area contributed by atoms with Gasteiger partial charge in [-0.3, -0.25) is 5.43 Å². The van der Waals surface area contributed by atoms with E-state index in [1.165, 1.54) is 12.1 Å². The lowest BCUT2D eigenvalue weighted by Crippen LogP contribution is -2.44. The van der Waals surface area contributed by atoms with E-state index in [1.807, 2.05) is 4.83 Å². The summed E-state index contributed by atoms with van der Waals surface area (Å²) < 4.78 is 23.2. The van der Waals surface area contributed by atoms with E-state index < -0.39 is 16.1 Å². The van der Waals surface area contributed by atoms with E-state index in [9.17, 15) is 13.2 Å². The quantitative estimate of drug-likeness (QED) is 0.508. The minimum atomic E-state index is -3.78. The number of nitrogens with two attached hydrogens (primary N) is 2. The highest BCUT2D eigenvalue weighted by Crippen LogP contribution is 2.10. The summed E-state index contributed by atoms with van der Waals surface area (Å²) in [4.78, 5) is 12.3. The first-order chi connectivity index (χ1) is 7.95. The van der Waals surface area contributed by atoms with Crippen molar-refractivity contribution in [1.29, 1.82) is 0 Å². The third-order valence-corrected chi connectivity index (χ3v) is 3.24. The van der Waals surface area contributed by atoms with Crippen LogP contribution in [0.15, 0.2) is 29.2 Å². The highest BCUT2D eigenvalue weighted by Gasteiger charge is 2.13. The lowest BCUT2D eigenvalue weighted by atomic mass is 10.2. The van der Waals surface area contributed by atoms with Gasteiger partial charge in [-0.2, -0.15) is 0 Å². The Morgan fingerprint density at radius 3 is 2.29 bits per heavy atom. The van der Waals surface area contributed by atoms with Gasteiger partial charge in [0.25, 0.3) is 10.0 Å². The van der Waals surface area contributed by atoms with Gasteiger partial charge in [0.05, 0.1) is 4.90 Å². The van der Waals surface area contributed by atoms with Gasteiger partial charge in [0, 0.05) is 0 Å². The van der Waals surface area contributed by atoms with E-state index in [0.717, 1.165) is 5.56 Å². The van der Waals surface area contributed by atoms with E-state index >= 15 is 0 Å². The molecule has 0 radical (unpaired) electrons. The predicted octanol–water partition coefficient (Wildman–Crippen LogP) is -0.951. The second-order valence-corrected chi connectivity index (χ2v) is 4.96. The summed E-state index contributed by atoms with van der Waals surface area (Å²) in [6.07, 6.45) is 0.674. The average molecular weight is 258 g/mol. The molecule has 1 rings (SSSR count). The SMILES string of the molecule is NCCc1ccc(S(=O)(=O)NNC(N)=O)cc1. The summed E-state index contributed by atoms with van der Waals surface area (Å²) in [7, 11) is -3.78. The maximum absolute atomic E-state index is 11.6. The third-order valence-electron chi connectivity index (χ3n) is 1.98.